The van der Waals surface area contributed by atoms with Crippen LogP contribution in [0.25, 0.3) is 0 Å². The number of alkyl halides is 3. The zero-order valence-electron chi connectivity index (χ0n) is 22.9. The molecule has 1 aliphatic heterocycles. The van der Waals surface area contributed by atoms with Gasteiger partial charge in [0.2, 0.25) is 5.91 Å². The number of halogens is 4. The first kappa shape index (κ1) is 30.6. The molecule has 2 aromatic carbocycles. The molecule has 1 atom stereocenters. The van der Waals surface area contributed by atoms with Crippen LogP contribution in [0, 0.1) is 0 Å². The zero-order valence-corrected chi connectivity index (χ0v) is 23.7. The number of ether oxygens (including phenoxy) is 1. The van der Waals surface area contributed by atoms with Gasteiger partial charge >= 0.3 is 12.3 Å². The van der Waals surface area contributed by atoms with Gasteiger partial charge in [-0.25, -0.2) is 4.79 Å². The van der Waals surface area contributed by atoms with Gasteiger partial charge in [0, 0.05) is 25.3 Å². The maximum absolute atomic E-state index is 13.2. The number of hydrogen-bond donors (Lipinski definition) is 1. The molecule has 0 spiro atoms. The molecule has 1 heterocycles. The van der Waals surface area contributed by atoms with Crippen molar-refractivity contribution in [2.75, 3.05) is 23.3 Å². The standard InChI is InChI=1S/C29H37ClF3N3O3/c1-5-6-16-35(19-20-10-12-21(13-11-20)29(31,32)33)24-15-14-22(18-23(24)30)34-26(37)25-9-7-8-17-36(25)27(38)39-28(2,3)4/h10-15,18,25H,5-9,16-17,19H2,1-4H3,(H,34,37)/t25-/m1/s1. The van der Waals surface area contributed by atoms with E-state index in [1.165, 1.54) is 17.0 Å². The Balaban J connectivity index is 1.74. The molecule has 6 nitrogen and oxygen atoms in total. The number of amides is 2. The molecule has 1 fully saturated rings. The van der Waals surface area contributed by atoms with Crippen LogP contribution in [-0.4, -0.2) is 41.6 Å². The third-order valence-corrected chi connectivity index (χ3v) is 6.73. The minimum absolute atomic E-state index is 0.308. The van der Waals surface area contributed by atoms with E-state index in [4.69, 9.17) is 16.3 Å². The Morgan fingerprint density at radius 2 is 1.79 bits per heavy atom. The van der Waals surface area contributed by atoms with Gasteiger partial charge in [-0.2, -0.15) is 13.2 Å². The number of nitrogens with zero attached hydrogens (tertiary/aromatic N) is 2. The lowest BCUT2D eigenvalue weighted by Gasteiger charge is -2.35. The third kappa shape index (κ3) is 8.78. The lowest BCUT2D eigenvalue weighted by atomic mass is 10.0. The van der Waals surface area contributed by atoms with Crippen LogP contribution in [0.1, 0.15) is 70.9 Å². The molecule has 3 rings (SSSR count). The van der Waals surface area contributed by atoms with E-state index in [9.17, 15) is 22.8 Å². The summed E-state index contributed by atoms with van der Waals surface area (Å²) in [4.78, 5) is 29.4. The van der Waals surface area contributed by atoms with E-state index in [0.29, 0.717) is 36.8 Å². The molecule has 0 unspecified atom stereocenters. The monoisotopic (exact) mass is 567 g/mol. The smallest absolute Gasteiger partial charge is 0.416 e. The fraction of sp³-hybridized carbons (Fsp3) is 0.517. The molecule has 39 heavy (non-hydrogen) atoms. The Hall–Kier alpha value is -2.94. The number of nitrogens with one attached hydrogen (secondary N) is 1. The van der Waals surface area contributed by atoms with Crippen molar-refractivity contribution in [3.8, 4) is 0 Å². The second-order valence-corrected chi connectivity index (χ2v) is 11.2. The van der Waals surface area contributed by atoms with Crippen molar-refractivity contribution in [2.45, 2.75) is 84.2 Å². The highest BCUT2D eigenvalue weighted by Gasteiger charge is 2.35. The van der Waals surface area contributed by atoms with Crippen LogP contribution in [0.4, 0.5) is 29.3 Å². The third-order valence-electron chi connectivity index (χ3n) is 6.43. The molecule has 1 N–H and O–H groups in total. The first-order chi connectivity index (χ1) is 18.3. The number of carbonyl (C=O) groups is 2. The van der Waals surface area contributed by atoms with Crippen molar-refractivity contribution >= 4 is 35.0 Å². The van der Waals surface area contributed by atoms with E-state index in [1.807, 2.05) is 4.90 Å². The molecule has 0 bridgehead atoms. The molecule has 0 aromatic heterocycles. The van der Waals surface area contributed by atoms with Crippen molar-refractivity contribution in [1.82, 2.24) is 4.90 Å². The van der Waals surface area contributed by atoms with Gasteiger partial charge in [0.15, 0.2) is 0 Å². The Bertz CT molecular complexity index is 1130. The number of benzene rings is 2. The van der Waals surface area contributed by atoms with Crippen LogP contribution in [0.2, 0.25) is 5.02 Å². The van der Waals surface area contributed by atoms with Crippen LogP contribution in [-0.2, 0) is 22.3 Å². The summed E-state index contributed by atoms with van der Waals surface area (Å²) in [6.07, 6.45) is -0.919. The summed E-state index contributed by atoms with van der Waals surface area (Å²) in [6.45, 7) is 8.91. The molecule has 214 valence electrons. The minimum Gasteiger partial charge on any atom is -0.444 e. The molecule has 2 amide bonds. The van der Waals surface area contributed by atoms with Gasteiger partial charge in [-0.1, -0.05) is 37.1 Å². The number of anilines is 2. The highest BCUT2D eigenvalue weighted by molar-refractivity contribution is 6.33. The Morgan fingerprint density at radius 1 is 1.10 bits per heavy atom. The molecule has 2 aromatic rings. The Kier molecular flexibility index (Phi) is 10.2. The molecule has 0 radical (unpaired) electrons. The molecule has 0 saturated carbocycles. The van der Waals surface area contributed by atoms with Crippen LogP contribution in [0.15, 0.2) is 42.5 Å². The summed E-state index contributed by atoms with van der Waals surface area (Å²) >= 11 is 6.65. The number of piperidine rings is 1. The van der Waals surface area contributed by atoms with Gasteiger partial charge in [-0.15, -0.1) is 0 Å². The first-order valence-corrected chi connectivity index (χ1v) is 13.7. The normalized spacial score (nSPS) is 16.1. The summed E-state index contributed by atoms with van der Waals surface area (Å²) < 4.78 is 44.4. The number of likely N-dealkylation sites (tertiary alicyclic amines) is 1. The van der Waals surface area contributed by atoms with E-state index in [0.717, 1.165) is 49.1 Å². The van der Waals surface area contributed by atoms with Crippen LogP contribution in [0.3, 0.4) is 0 Å². The first-order valence-electron chi connectivity index (χ1n) is 13.3. The lowest BCUT2D eigenvalue weighted by molar-refractivity contribution is -0.137. The fourth-order valence-corrected chi connectivity index (χ4v) is 4.76. The van der Waals surface area contributed by atoms with Gasteiger partial charge in [-0.05, 0) is 82.3 Å². The van der Waals surface area contributed by atoms with E-state index < -0.39 is 29.5 Å². The largest absolute Gasteiger partial charge is 0.444 e. The molecule has 10 heteroatoms. The molecular weight excluding hydrogens is 531 g/mol. The average molecular weight is 568 g/mol. The van der Waals surface area contributed by atoms with Crippen LogP contribution >= 0.6 is 11.6 Å². The highest BCUT2D eigenvalue weighted by atomic mass is 35.5. The highest BCUT2D eigenvalue weighted by Crippen LogP contribution is 2.32. The number of hydrogen-bond acceptors (Lipinski definition) is 4. The van der Waals surface area contributed by atoms with Gasteiger partial charge in [0.1, 0.15) is 11.6 Å². The molecule has 0 aliphatic carbocycles. The zero-order chi connectivity index (χ0) is 28.8. The van der Waals surface area contributed by atoms with Gasteiger partial charge < -0.3 is 15.0 Å². The number of unbranched alkanes of at least 4 members (excludes halogenated alkanes) is 1. The van der Waals surface area contributed by atoms with E-state index in [-0.39, 0.29) is 5.91 Å². The van der Waals surface area contributed by atoms with E-state index >= 15 is 0 Å². The van der Waals surface area contributed by atoms with Crippen LogP contribution in [0.5, 0.6) is 0 Å². The average Bonchev–Trinajstić information content (AvgIpc) is 2.85. The minimum atomic E-state index is -4.38. The van der Waals surface area contributed by atoms with Crippen molar-refractivity contribution < 1.29 is 27.5 Å². The maximum Gasteiger partial charge on any atom is 0.416 e. The van der Waals surface area contributed by atoms with Crippen molar-refractivity contribution in [1.29, 1.82) is 0 Å². The quantitative estimate of drug-likeness (QED) is 0.352. The second-order valence-electron chi connectivity index (χ2n) is 10.8. The molecule has 1 saturated heterocycles. The molecule has 1 aliphatic rings. The maximum atomic E-state index is 13.2. The van der Waals surface area contributed by atoms with Crippen molar-refractivity contribution in [3.05, 3.63) is 58.6 Å². The van der Waals surface area contributed by atoms with E-state index in [2.05, 4.69) is 12.2 Å². The summed E-state index contributed by atoms with van der Waals surface area (Å²) in [5.74, 6) is -0.308. The predicted molar refractivity (Wildman–Crippen MR) is 148 cm³/mol. The summed E-state index contributed by atoms with van der Waals surface area (Å²) in [6, 6.07) is 9.67. The van der Waals surface area contributed by atoms with Gasteiger partial charge in [0.05, 0.1) is 16.3 Å². The number of rotatable bonds is 8. The van der Waals surface area contributed by atoms with Gasteiger partial charge in [0.25, 0.3) is 0 Å². The lowest BCUT2D eigenvalue weighted by Crippen LogP contribution is -2.51. The molecular formula is C29H37ClF3N3O3. The van der Waals surface area contributed by atoms with Crippen molar-refractivity contribution in [3.63, 3.8) is 0 Å². The summed E-state index contributed by atoms with van der Waals surface area (Å²) in [5, 5.41) is 3.29. The second kappa shape index (κ2) is 12.9. The Labute approximate surface area is 233 Å². The van der Waals surface area contributed by atoms with Crippen molar-refractivity contribution in [2.24, 2.45) is 0 Å². The predicted octanol–water partition coefficient (Wildman–Crippen LogP) is 7.89. The Morgan fingerprint density at radius 3 is 2.38 bits per heavy atom. The fourth-order valence-electron chi connectivity index (χ4n) is 4.46. The summed E-state index contributed by atoms with van der Waals surface area (Å²) in [5.41, 5.74) is 0.590. The SMILES string of the molecule is CCCCN(Cc1ccc(C(F)(F)F)cc1)c1ccc(NC(=O)[C@H]2CCCCN2C(=O)OC(C)(C)C)cc1Cl. The van der Waals surface area contributed by atoms with Crippen LogP contribution < -0.4 is 10.2 Å². The van der Waals surface area contributed by atoms with Gasteiger partial charge in [-0.3, -0.25) is 9.69 Å². The topological polar surface area (TPSA) is 61.9 Å². The number of carbonyl (C=O) groups excluding carboxylic acids is 2. The van der Waals surface area contributed by atoms with E-state index in [1.54, 1.807) is 39.0 Å². The summed E-state index contributed by atoms with van der Waals surface area (Å²) in [7, 11) is 0.